The van der Waals surface area contributed by atoms with Crippen molar-refractivity contribution in [3.8, 4) is 11.5 Å². The molecule has 0 radical (unpaired) electrons. The van der Waals surface area contributed by atoms with Gasteiger partial charge in [-0.2, -0.15) is 4.98 Å². The standard InChI is InChI=1S/C12H15N3O2/c1-2-16-8-11-14-12(17-15-11)10-5-3-9(7-13)4-6-10/h3-6H,2,7-8,13H2,1H3. The van der Waals surface area contributed by atoms with E-state index in [1.54, 1.807) is 0 Å². The third kappa shape index (κ3) is 2.89. The van der Waals surface area contributed by atoms with Crippen molar-refractivity contribution >= 4 is 0 Å². The number of rotatable bonds is 5. The Balaban J connectivity index is 2.12. The Morgan fingerprint density at radius 3 is 2.71 bits per heavy atom. The first-order chi connectivity index (χ1) is 8.33. The molecule has 1 aromatic heterocycles. The van der Waals surface area contributed by atoms with E-state index >= 15 is 0 Å². The summed E-state index contributed by atoms with van der Waals surface area (Å²) in [6.07, 6.45) is 0. The van der Waals surface area contributed by atoms with Gasteiger partial charge >= 0.3 is 0 Å². The van der Waals surface area contributed by atoms with E-state index in [4.69, 9.17) is 15.0 Å². The van der Waals surface area contributed by atoms with Crippen molar-refractivity contribution in [2.45, 2.75) is 20.1 Å². The van der Waals surface area contributed by atoms with Crippen LogP contribution in [-0.4, -0.2) is 16.7 Å². The van der Waals surface area contributed by atoms with Gasteiger partial charge in [0.2, 0.25) is 0 Å². The summed E-state index contributed by atoms with van der Waals surface area (Å²) in [5.41, 5.74) is 7.49. The number of nitrogens with two attached hydrogens (primary N) is 1. The highest BCUT2D eigenvalue weighted by molar-refractivity contribution is 5.53. The monoisotopic (exact) mass is 233 g/mol. The predicted molar refractivity (Wildman–Crippen MR) is 63.0 cm³/mol. The molecule has 0 aliphatic rings. The lowest BCUT2D eigenvalue weighted by Crippen LogP contribution is -1.95. The molecule has 1 heterocycles. The van der Waals surface area contributed by atoms with E-state index in [9.17, 15) is 0 Å². The highest BCUT2D eigenvalue weighted by Gasteiger charge is 2.08. The maximum absolute atomic E-state index is 5.53. The van der Waals surface area contributed by atoms with Crippen LogP contribution in [0.1, 0.15) is 18.3 Å². The van der Waals surface area contributed by atoms with Crippen molar-refractivity contribution in [3.63, 3.8) is 0 Å². The summed E-state index contributed by atoms with van der Waals surface area (Å²) in [6.45, 7) is 3.46. The molecule has 0 atom stereocenters. The molecule has 5 nitrogen and oxygen atoms in total. The molecule has 0 spiro atoms. The minimum atomic E-state index is 0.376. The van der Waals surface area contributed by atoms with Crippen LogP contribution in [0.5, 0.6) is 0 Å². The Morgan fingerprint density at radius 2 is 2.06 bits per heavy atom. The second kappa shape index (κ2) is 5.56. The Kier molecular flexibility index (Phi) is 3.85. The SMILES string of the molecule is CCOCc1noc(-c2ccc(CN)cc2)n1. The summed E-state index contributed by atoms with van der Waals surface area (Å²) in [5.74, 6) is 1.06. The molecule has 2 rings (SSSR count). The minimum Gasteiger partial charge on any atom is -0.374 e. The average Bonchev–Trinajstić information content (AvgIpc) is 2.85. The van der Waals surface area contributed by atoms with E-state index in [0.29, 0.717) is 31.5 Å². The van der Waals surface area contributed by atoms with Gasteiger partial charge in [0.1, 0.15) is 6.61 Å². The van der Waals surface area contributed by atoms with Crippen LogP contribution in [0.3, 0.4) is 0 Å². The molecule has 17 heavy (non-hydrogen) atoms. The fourth-order valence-electron chi connectivity index (χ4n) is 1.41. The largest absolute Gasteiger partial charge is 0.374 e. The van der Waals surface area contributed by atoms with Crippen LogP contribution in [-0.2, 0) is 17.9 Å². The number of hydrogen-bond donors (Lipinski definition) is 1. The molecular weight excluding hydrogens is 218 g/mol. The quantitative estimate of drug-likeness (QED) is 0.851. The van der Waals surface area contributed by atoms with Crippen molar-refractivity contribution < 1.29 is 9.26 Å². The molecule has 0 saturated carbocycles. The normalized spacial score (nSPS) is 10.7. The van der Waals surface area contributed by atoms with Gasteiger partial charge in [-0.1, -0.05) is 17.3 Å². The molecule has 2 N–H and O–H groups in total. The summed E-state index contributed by atoms with van der Waals surface area (Å²) in [4.78, 5) is 4.24. The van der Waals surface area contributed by atoms with Crippen LogP contribution < -0.4 is 5.73 Å². The number of benzene rings is 1. The smallest absolute Gasteiger partial charge is 0.258 e. The first-order valence-corrected chi connectivity index (χ1v) is 5.53. The number of aromatic nitrogens is 2. The molecule has 0 bridgehead atoms. The first kappa shape index (κ1) is 11.8. The molecule has 1 aromatic carbocycles. The second-order valence-electron chi connectivity index (χ2n) is 3.55. The Bertz CT molecular complexity index is 465. The van der Waals surface area contributed by atoms with Crippen molar-refractivity contribution in [2.75, 3.05) is 6.61 Å². The fraction of sp³-hybridized carbons (Fsp3) is 0.333. The topological polar surface area (TPSA) is 74.2 Å². The van der Waals surface area contributed by atoms with E-state index < -0.39 is 0 Å². The molecule has 5 heteroatoms. The highest BCUT2D eigenvalue weighted by atomic mass is 16.5. The summed E-state index contributed by atoms with van der Waals surface area (Å²) >= 11 is 0. The third-order valence-electron chi connectivity index (χ3n) is 2.34. The summed E-state index contributed by atoms with van der Waals surface area (Å²) in [5, 5.41) is 3.84. The van der Waals surface area contributed by atoms with Gasteiger partial charge in [-0.3, -0.25) is 0 Å². The average molecular weight is 233 g/mol. The predicted octanol–water partition coefficient (Wildman–Crippen LogP) is 1.73. The van der Waals surface area contributed by atoms with Gasteiger partial charge in [-0.15, -0.1) is 0 Å². The summed E-state index contributed by atoms with van der Waals surface area (Å²) in [6, 6.07) is 7.73. The van der Waals surface area contributed by atoms with Gasteiger partial charge in [0.15, 0.2) is 5.82 Å². The molecule has 0 fully saturated rings. The Morgan fingerprint density at radius 1 is 1.29 bits per heavy atom. The molecule has 0 saturated heterocycles. The maximum Gasteiger partial charge on any atom is 0.258 e. The van der Waals surface area contributed by atoms with E-state index in [1.807, 2.05) is 31.2 Å². The van der Waals surface area contributed by atoms with Crippen LogP contribution in [0.25, 0.3) is 11.5 Å². The van der Waals surface area contributed by atoms with Gasteiger partial charge in [-0.25, -0.2) is 0 Å². The van der Waals surface area contributed by atoms with E-state index in [1.165, 1.54) is 0 Å². The Labute approximate surface area is 99.6 Å². The summed E-state index contributed by atoms with van der Waals surface area (Å²) in [7, 11) is 0. The number of ether oxygens (including phenoxy) is 1. The molecule has 0 unspecified atom stereocenters. The van der Waals surface area contributed by atoms with Crippen LogP contribution in [0, 0.1) is 0 Å². The van der Waals surface area contributed by atoms with E-state index in [2.05, 4.69) is 10.1 Å². The van der Waals surface area contributed by atoms with Gasteiger partial charge < -0.3 is 15.0 Å². The molecule has 0 amide bonds. The maximum atomic E-state index is 5.53. The molecule has 0 aliphatic heterocycles. The van der Waals surface area contributed by atoms with Crippen molar-refractivity contribution in [1.29, 1.82) is 0 Å². The number of hydrogen-bond acceptors (Lipinski definition) is 5. The lowest BCUT2D eigenvalue weighted by molar-refractivity contribution is 0.126. The minimum absolute atomic E-state index is 0.376. The van der Waals surface area contributed by atoms with Gasteiger partial charge in [-0.05, 0) is 24.6 Å². The molecule has 90 valence electrons. The van der Waals surface area contributed by atoms with Crippen LogP contribution >= 0.6 is 0 Å². The summed E-state index contributed by atoms with van der Waals surface area (Å²) < 4.78 is 10.4. The van der Waals surface area contributed by atoms with Crippen molar-refractivity contribution in [1.82, 2.24) is 10.1 Å². The van der Waals surface area contributed by atoms with E-state index in [0.717, 1.165) is 11.1 Å². The number of nitrogens with zero attached hydrogens (tertiary/aromatic N) is 2. The lowest BCUT2D eigenvalue weighted by atomic mass is 10.1. The van der Waals surface area contributed by atoms with Crippen LogP contribution in [0.2, 0.25) is 0 Å². The highest BCUT2D eigenvalue weighted by Crippen LogP contribution is 2.17. The molecule has 2 aromatic rings. The van der Waals surface area contributed by atoms with Crippen molar-refractivity contribution in [2.24, 2.45) is 5.73 Å². The molecule has 0 aliphatic carbocycles. The van der Waals surface area contributed by atoms with Gasteiger partial charge in [0, 0.05) is 18.7 Å². The zero-order valence-electron chi connectivity index (χ0n) is 9.72. The van der Waals surface area contributed by atoms with E-state index in [-0.39, 0.29) is 0 Å². The van der Waals surface area contributed by atoms with Crippen LogP contribution in [0.4, 0.5) is 0 Å². The second-order valence-corrected chi connectivity index (χ2v) is 3.55. The zero-order chi connectivity index (χ0) is 12.1. The molecular formula is C12H15N3O2. The van der Waals surface area contributed by atoms with Gasteiger partial charge in [0.05, 0.1) is 0 Å². The third-order valence-corrected chi connectivity index (χ3v) is 2.34. The van der Waals surface area contributed by atoms with Crippen LogP contribution in [0.15, 0.2) is 28.8 Å². The van der Waals surface area contributed by atoms with Gasteiger partial charge in [0.25, 0.3) is 5.89 Å². The first-order valence-electron chi connectivity index (χ1n) is 5.53. The fourth-order valence-corrected chi connectivity index (χ4v) is 1.41. The van der Waals surface area contributed by atoms with Crippen molar-refractivity contribution in [3.05, 3.63) is 35.7 Å². The zero-order valence-corrected chi connectivity index (χ0v) is 9.72. The Hall–Kier alpha value is -1.72. The lowest BCUT2D eigenvalue weighted by Gasteiger charge is -1.97.